The molecule has 7 heteroatoms. The van der Waals surface area contributed by atoms with Crippen molar-refractivity contribution in [2.75, 3.05) is 17.2 Å². The molecule has 110 valence electrons. The van der Waals surface area contributed by atoms with Crippen LogP contribution in [-0.4, -0.2) is 26.6 Å². The van der Waals surface area contributed by atoms with Crippen molar-refractivity contribution < 1.29 is 13.2 Å². The molecule has 5 nitrogen and oxygen atoms in total. The standard InChI is InChI=1S/C13H17IN2O3S/c1-2-10-6-11(14)3-4-12(10)16-7-9(5-13(16)17)8-20(15,18)19/h3-4,6,9H,2,5,7-8H2,1H3,(H2,15,18,19). The van der Waals surface area contributed by atoms with Crippen LogP contribution in [0.1, 0.15) is 18.9 Å². The average molecular weight is 408 g/mol. The molecule has 2 N–H and O–H groups in total. The monoisotopic (exact) mass is 408 g/mol. The predicted octanol–water partition coefficient (Wildman–Crippen LogP) is 1.49. The minimum absolute atomic E-state index is 0.0328. The summed E-state index contributed by atoms with van der Waals surface area (Å²) in [6, 6.07) is 5.93. The van der Waals surface area contributed by atoms with Gasteiger partial charge in [-0.3, -0.25) is 4.79 Å². The fraction of sp³-hybridized carbons (Fsp3) is 0.462. The average Bonchev–Trinajstić information content (AvgIpc) is 2.67. The summed E-state index contributed by atoms with van der Waals surface area (Å²) in [4.78, 5) is 13.8. The fourth-order valence-corrected chi connectivity index (χ4v) is 3.99. The molecule has 1 aromatic carbocycles. The maximum Gasteiger partial charge on any atom is 0.227 e. The number of rotatable bonds is 4. The number of halogens is 1. The van der Waals surface area contributed by atoms with E-state index in [1.165, 1.54) is 0 Å². The first kappa shape index (κ1) is 15.7. The molecule has 20 heavy (non-hydrogen) atoms. The Labute approximate surface area is 132 Å². The lowest BCUT2D eigenvalue weighted by molar-refractivity contribution is -0.117. The molecule has 1 heterocycles. The molecule has 0 aliphatic carbocycles. The lowest BCUT2D eigenvalue weighted by atomic mass is 10.1. The Kier molecular flexibility index (Phi) is 4.70. The van der Waals surface area contributed by atoms with Crippen molar-refractivity contribution in [1.29, 1.82) is 0 Å². The number of benzene rings is 1. The third-order valence-electron chi connectivity index (χ3n) is 3.39. The Morgan fingerprint density at radius 2 is 2.15 bits per heavy atom. The summed E-state index contributed by atoms with van der Waals surface area (Å²) in [6.07, 6.45) is 1.07. The van der Waals surface area contributed by atoms with Crippen LogP contribution in [0.5, 0.6) is 0 Å². The van der Waals surface area contributed by atoms with Crippen LogP contribution >= 0.6 is 22.6 Å². The Hall–Kier alpha value is -0.670. The van der Waals surface area contributed by atoms with E-state index in [0.29, 0.717) is 6.54 Å². The maximum atomic E-state index is 12.1. The molecule has 1 fully saturated rings. The van der Waals surface area contributed by atoms with Gasteiger partial charge in [0.25, 0.3) is 0 Å². The highest BCUT2D eigenvalue weighted by molar-refractivity contribution is 14.1. The number of hydrogen-bond acceptors (Lipinski definition) is 3. The summed E-state index contributed by atoms with van der Waals surface area (Å²) in [5.41, 5.74) is 1.98. The van der Waals surface area contributed by atoms with Gasteiger partial charge in [-0.2, -0.15) is 0 Å². The SMILES string of the molecule is CCc1cc(I)ccc1N1CC(CS(N)(=O)=O)CC1=O. The largest absolute Gasteiger partial charge is 0.312 e. The molecule has 1 unspecified atom stereocenters. The van der Waals surface area contributed by atoms with Crippen molar-refractivity contribution >= 4 is 44.2 Å². The summed E-state index contributed by atoms with van der Waals surface area (Å²) in [7, 11) is -3.54. The van der Waals surface area contributed by atoms with Gasteiger partial charge in [0.1, 0.15) is 0 Å². The van der Waals surface area contributed by atoms with Crippen LogP contribution in [0.25, 0.3) is 0 Å². The summed E-state index contributed by atoms with van der Waals surface area (Å²) >= 11 is 2.24. The van der Waals surface area contributed by atoms with E-state index in [2.05, 4.69) is 28.7 Å². The number of primary sulfonamides is 1. The minimum Gasteiger partial charge on any atom is -0.312 e. The number of nitrogens with zero attached hydrogens (tertiary/aromatic N) is 1. The molecule has 1 aliphatic heterocycles. The van der Waals surface area contributed by atoms with E-state index in [-0.39, 0.29) is 24.0 Å². The summed E-state index contributed by atoms with van der Waals surface area (Å²) < 4.78 is 23.4. The fourth-order valence-electron chi connectivity index (χ4n) is 2.56. The lowest BCUT2D eigenvalue weighted by Crippen LogP contribution is -2.28. The molecule has 1 saturated heterocycles. The molecular formula is C13H17IN2O3S. The Morgan fingerprint density at radius 3 is 2.75 bits per heavy atom. The van der Waals surface area contributed by atoms with Gasteiger partial charge in [-0.25, -0.2) is 13.6 Å². The lowest BCUT2D eigenvalue weighted by Gasteiger charge is -2.20. The van der Waals surface area contributed by atoms with Gasteiger partial charge < -0.3 is 4.90 Å². The van der Waals surface area contributed by atoms with Gasteiger partial charge in [0.2, 0.25) is 15.9 Å². The second kappa shape index (κ2) is 5.98. The molecular weight excluding hydrogens is 391 g/mol. The minimum atomic E-state index is -3.54. The van der Waals surface area contributed by atoms with Crippen LogP contribution in [0.15, 0.2) is 18.2 Å². The second-order valence-electron chi connectivity index (χ2n) is 5.03. The first-order valence-electron chi connectivity index (χ1n) is 6.39. The first-order valence-corrected chi connectivity index (χ1v) is 9.19. The van der Waals surface area contributed by atoms with Crippen molar-refractivity contribution in [2.45, 2.75) is 19.8 Å². The maximum absolute atomic E-state index is 12.1. The zero-order valence-corrected chi connectivity index (χ0v) is 14.1. The number of aryl methyl sites for hydroxylation is 1. The Morgan fingerprint density at radius 1 is 1.45 bits per heavy atom. The van der Waals surface area contributed by atoms with Gasteiger partial charge in [0.05, 0.1) is 5.75 Å². The van der Waals surface area contributed by atoms with Crippen molar-refractivity contribution in [1.82, 2.24) is 0 Å². The van der Waals surface area contributed by atoms with Crippen molar-refractivity contribution in [2.24, 2.45) is 11.1 Å². The van der Waals surface area contributed by atoms with E-state index in [1.54, 1.807) is 4.90 Å². The summed E-state index contributed by atoms with van der Waals surface area (Å²) in [5.74, 6) is -0.391. The van der Waals surface area contributed by atoms with E-state index >= 15 is 0 Å². The van der Waals surface area contributed by atoms with Gasteiger partial charge >= 0.3 is 0 Å². The van der Waals surface area contributed by atoms with Crippen LogP contribution in [0.2, 0.25) is 0 Å². The third kappa shape index (κ3) is 3.70. The van der Waals surface area contributed by atoms with Gasteiger partial charge in [0, 0.05) is 28.1 Å². The van der Waals surface area contributed by atoms with Crippen molar-refractivity contribution in [3.8, 4) is 0 Å². The molecule has 1 aliphatic rings. The highest BCUT2D eigenvalue weighted by atomic mass is 127. The normalized spacial score (nSPS) is 19.6. The van der Waals surface area contributed by atoms with Crippen molar-refractivity contribution in [3.63, 3.8) is 0 Å². The molecule has 0 spiro atoms. The van der Waals surface area contributed by atoms with E-state index in [1.807, 2.05) is 19.1 Å². The van der Waals surface area contributed by atoms with Gasteiger partial charge in [-0.15, -0.1) is 0 Å². The number of amides is 1. The zero-order valence-electron chi connectivity index (χ0n) is 11.2. The quantitative estimate of drug-likeness (QED) is 0.767. The number of hydrogen-bond donors (Lipinski definition) is 1. The first-order chi connectivity index (χ1) is 9.30. The summed E-state index contributed by atoms with van der Waals surface area (Å²) in [5, 5.41) is 5.06. The van der Waals surface area contributed by atoms with Gasteiger partial charge in [0.15, 0.2) is 0 Å². The predicted molar refractivity (Wildman–Crippen MR) is 87.0 cm³/mol. The van der Waals surface area contributed by atoms with Crippen LogP contribution < -0.4 is 10.0 Å². The number of carbonyl (C=O) groups excluding carboxylic acids is 1. The third-order valence-corrected chi connectivity index (χ3v) is 4.99. The molecule has 1 amide bonds. The summed E-state index contributed by atoms with van der Waals surface area (Å²) in [6.45, 7) is 2.46. The van der Waals surface area contributed by atoms with E-state index in [0.717, 1.165) is 21.2 Å². The van der Waals surface area contributed by atoms with Crippen LogP contribution in [0.4, 0.5) is 5.69 Å². The number of carbonyl (C=O) groups is 1. The highest BCUT2D eigenvalue weighted by Gasteiger charge is 2.33. The second-order valence-corrected chi connectivity index (χ2v) is 7.94. The van der Waals surface area contributed by atoms with Gasteiger partial charge in [-0.1, -0.05) is 6.92 Å². The van der Waals surface area contributed by atoms with E-state index < -0.39 is 10.0 Å². The molecule has 0 radical (unpaired) electrons. The smallest absolute Gasteiger partial charge is 0.227 e. The van der Waals surface area contributed by atoms with E-state index in [4.69, 9.17) is 5.14 Å². The number of anilines is 1. The topological polar surface area (TPSA) is 80.5 Å². The highest BCUT2D eigenvalue weighted by Crippen LogP contribution is 2.30. The molecule has 0 bridgehead atoms. The van der Waals surface area contributed by atoms with Gasteiger partial charge in [-0.05, 0) is 52.8 Å². The number of sulfonamides is 1. The Balaban J connectivity index is 2.24. The number of nitrogens with two attached hydrogens (primary N) is 1. The van der Waals surface area contributed by atoms with E-state index in [9.17, 15) is 13.2 Å². The zero-order chi connectivity index (χ0) is 14.9. The molecule has 0 aromatic heterocycles. The Bertz CT molecular complexity index is 631. The van der Waals surface area contributed by atoms with Crippen LogP contribution in [-0.2, 0) is 21.2 Å². The molecule has 1 aromatic rings. The van der Waals surface area contributed by atoms with Crippen LogP contribution in [0, 0.1) is 9.49 Å². The van der Waals surface area contributed by atoms with Crippen molar-refractivity contribution in [3.05, 3.63) is 27.3 Å². The molecule has 2 rings (SSSR count). The van der Waals surface area contributed by atoms with Crippen LogP contribution in [0.3, 0.4) is 0 Å². The molecule has 1 atom stereocenters. The molecule has 0 saturated carbocycles.